The molecule has 1 aliphatic heterocycles. The van der Waals surface area contributed by atoms with Crippen molar-refractivity contribution in [1.82, 2.24) is 0 Å². The van der Waals surface area contributed by atoms with Crippen LogP contribution in [0.1, 0.15) is 25.3 Å². The van der Waals surface area contributed by atoms with Crippen molar-refractivity contribution < 1.29 is 4.79 Å². The molecule has 1 aromatic rings. The summed E-state index contributed by atoms with van der Waals surface area (Å²) >= 11 is 1.90. The van der Waals surface area contributed by atoms with Crippen molar-refractivity contribution in [2.75, 3.05) is 11.5 Å². The van der Waals surface area contributed by atoms with E-state index in [9.17, 15) is 4.79 Å². The second kappa shape index (κ2) is 5.75. The van der Waals surface area contributed by atoms with Crippen LogP contribution in [-0.2, 0) is 11.2 Å². The van der Waals surface area contributed by atoms with Gasteiger partial charge in [-0.3, -0.25) is 4.79 Å². The number of rotatable bonds is 4. The highest BCUT2D eigenvalue weighted by Gasteiger charge is 2.39. The lowest BCUT2D eigenvalue weighted by molar-refractivity contribution is -0.127. The van der Waals surface area contributed by atoms with Crippen molar-refractivity contribution in [3.63, 3.8) is 0 Å². The Labute approximate surface area is 114 Å². The highest BCUT2D eigenvalue weighted by molar-refractivity contribution is 7.99. The van der Waals surface area contributed by atoms with E-state index in [0.717, 1.165) is 29.9 Å². The molecule has 1 saturated heterocycles. The van der Waals surface area contributed by atoms with Gasteiger partial charge < -0.3 is 0 Å². The lowest BCUT2D eigenvalue weighted by Gasteiger charge is -2.36. The van der Waals surface area contributed by atoms with Gasteiger partial charge in [-0.2, -0.15) is 11.8 Å². The van der Waals surface area contributed by atoms with E-state index in [2.05, 4.69) is 18.7 Å². The first-order valence-electron chi connectivity index (χ1n) is 6.42. The molecule has 1 aliphatic rings. The Balaban J connectivity index is 2.24. The summed E-state index contributed by atoms with van der Waals surface area (Å²) < 4.78 is 0. The highest BCUT2D eigenvalue weighted by atomic mass is 32.2. The van der Waals surface area contributed by atoms with Gasteiger partial charge in [-0.05, 0) is 25.3 Å². The number of carbonyl (C=O) groups excluding carboxylic acids is 1. The van der Waals surface area contributed by atoms with Gasteiger partial charge in [0.2, 0.25) is 0 Å². The van der Waals surface area contributed by atoms with Gasteiger partial charge in [-0.25, -0.2) is 0 Å². The van der Waals surface area contributed by atoms with Crippen LogP contribution in [0.25, 0.3) is 0 Å². The van der Waals surface area contributed by atoms with E-state index >= 15 is 0 Å². The zero-order valence-electron chi connectivity index (χ0n) is 10.9. The van der Waals surface area contributed by atoms with E-state index < -0.39 is 0 Å². The molecule has 0 bridgehead atoms. The normalized spacial score (nSPS) is 23.9. The predicted octanol–water partition coefficient (Wildman–Crippen LogP) is 3.89. The molecule has 1 aromatic carbocycles. The van der Waals surface area contributed by atoms with Gasteiger partial charge in [0, 0.05) is 23.3 Å². The molecule has 0 aliphatic carbocycles. The van der Waals surface area contributed by atoms with E-state index in [1.165, 1.54) is 5.56 Å². The van der Waals surface area contributed by atoms with E-state index in [-0.39, 0.29) is 5.41 Å². The fourth-order valence-electron chi connectivity index (χ4n) is 2.70. The smallest absolute Gasteiger partial charge is 0.141 e. The number of carbonyl (C=O) groups is 1. The quantitative estimate of drug-likeness (QED) is 0.764. The Morgan fingerprint density at radius 3 is 2.72 bits per heavy atom. The summed E-state index contributed by atoms with van der Waals surface area (Å²) in [6.07, 6.45) is 2.39. The number of allylic oxidation sites excluding steroid dienone is 1. The number of hydrogen-bond acceptors (Lipinski definition) is 2. The molecule has 18 heavy (non-hydrogen) atoms. The van der Waals surface area contributed by atoms with Crippen LogP contribution in [0.3, 0.4) is 0 Å². The van der Waals surface area contributed by atoms with Gasteiger partial charge in [0.25, 0.3) is 0 Å². The maximum atomic E-state index is 12.4. The fourth-order valence-corrected chi connectivity index (χ4v) is 3.93. The van der Waals surface area contributed by atoms with Gasteiger partial charge in [0.1, 0.15) is 5.78 Å². The summed E-state index contributed by atoms with van der Waals surface area (Å²) in [6, 6.07) is 10.3. The molecule has 0 spiro atoms. The molecule has 1 fully saturated rings. The van der Waals surface area contributed by atoms with Crippen molar-refractivity contribution in [3.8, 4) is 0 Å². The Kier molecular flexibility index (Phi) is 4.28. The first-order chi connectivity index (χ1) is 8.62. The first kappa shape index (κ1) is 13.4. The molecule has 2 rings (SSSR count). The second-order valence-corrected chi connectivity index (χ2v) is 6.41. The van der Waals surface area contributed by atoms with Gasteiger partial charge in [0.15, 0.2) is 0 Å². The molecule has 1 heterocycles. The summed E-state index contributed by atoms with van der Waals surface area (Å²) in [4.78, 5) is 12.4. The molecule has 0 aromatic heterocycles. The summed E-state index contributed by atoms with van der Waals surface area (Å²) in [7, 11) is 0. The Hall–Kier alpha value is -1.02. The van der Waals surface area contributed by atoms with Crippen LogP contribution in [0.5, 0.6) is 0 Å². The second-order valence-electron chi connectivity index (χ2n) is 5.30. The average Bonchev–Trinajstić information content (AvgIpc) is 2.33. The van der Waals surface area contributed by atoms with Crippen molar-refractivity contribution in [2.45, 2.75) is 26.2 Å². The topological polar surface area (TPSA) is 17.1 Å². The number of hydrogen-bond donors (Lipinski definition) is 0. The minimum Gasteiger partial charge on any atom is -0.299 e. The number of ketones is 1. The predicted molar refractivity (Wildman–Crippen MR) is 79.0 cm³/mol. The standard InChI is InChI=1S/C16H20OS/c1-13(2)10-16(12-18-9-8-15(16)17)11-14-6-4-3-5-7-14/h3-7H,1,8-12H2,2H3/t16-/m1/s1. The van der Waals surface area contributed by atoms with Crippen molar-refractivity contribution in [3.05, 3.63) is 48.0 Å². The van der Waals surface area contributed by atoms with E-state index in [1.54, 1.807) is 0 Å². The molecule has 0 saturated carbocycles. The van der Waals surface area contributed by atoms with Crippen LogP contribution in [0.4, 0.5) is 0 Å². The lowest BCUT2D eigenvalue weighted by atomic mass is 9.74. The van der Waals surface area contributed by atoms with Crippen molar-refractivity contribution in [1.29, 1.82) is 0 Å². The highest BCUT2D eigenvalue weighted by Crippen LogP contribution is 2.39. The third kappa shape index (κ3) is 3.05. The Morgan fingerprint density at radius 1 is 1.39 bits per heavy atom. The molecule has 2 heteroatoms. The third-order valence-electron chi connectivity index (χ3n) is 3.47. The van der Waals surface area contributed by atoms with Crippen LogP contribution in [-0.4, -0.2) is 17.3 Å². The van der Waals surface area contributed by atoms with Crippen LogP contribution in [0.2, 0.25) is 0 Å². The van der Waals surface area contributed by atoms with Gasteiger partial charge in [0.05, 0.1) is 0 Å². The van der Waals surface area contributed by atoms with Crippen LogP contribution in [0.15, 0.2) is 42.5 Å². The summed E-state index contributed by atoms with van der Waals surface area (Å²) in [6.45, 7) is 6.04. The molecule has 0 N–H and O–H groups in total. The Morgan fingerprint density at radius 2 is 2.11 bits per heavy atom. The molecule has 1 nitrogen and oxygen atoms in total. The summed E-state index contributed by atoms with van der Waals surface area (Å²) in [5, 5.41) is 0. The van der Waals surface area contributed by atoms with Crippen molar-refractivity contribution >= 4 is 17.5 Å². The minimum atomic E-state index is -0.212. The largest absolute Gasteiger partial charge is 0.299 e. The molecule has 1 atom stereocenters. The fraction of sp³-hybridized carbons (Fsp3) is 0.438. The molecule has 0 radical (unpaired) electrons. The number of benzene rings is 1. The van der Waals surface area contributed by atoms with E-state index in [0.29, 0.717) is 12.2 Å². The molecular weight excluding hydrogens is 240 g/mol. The number of Topliss-reactive ketones (excluding diaryl/α,β-unsaturated/α-hetero) is 1. The summed E-state index contributed by atoms with van der Waals surface area (Å²) in [5.74, 6) is 2.34. The van der Waals surface area contributed by atoms with Crippen LogP contribution >= 0.6 is 11.8 Å². The molecule has 0 amide bonds. The lowest BCUT2D eigenvalue weighted by Crippen LogP contribution is -2.39. The minimum absolute atomic E-state index is 0.212. The number of thioether (sulfide) groups is 1. The van der Waals surface area contributed by atoms with Gasteiger partial charge in [-0.15, -0.1) is 6.58 Å². The molecule has 96 valence electrons. The van der Waals surface area contributed by atoms with Gasteiger partial charge >= 0.3 is 0 Å². The maximum absolute atomic E-state index is 12.4. The van der Waals surface area contributed by atoms with E-state index in [4.69, 9.17) is 0 Å². The third-order valence-corrected chi connectivity index (χ3v) is 4.72. The van der Waals surface area contributed by atoms with Crippen molar-refractivity contribution in [2.24, 2.45) is 5.41 Å². The SMILES string of the molecule is C=C(C)C[C@@]1(Cc2ccccc2)CSCCC1=O. The van der Waals surface area contributed by atoms with E-state index in [1.807, 2.05) is 36.9 Å². The van der Waals surface area contributed by atoms with Crippen LogP contribution in [0, 0.1) is 5.41 Å². The zero-order chi connectivity index (χ0) is 13.0. The van der Waals surface area contributed by atoms with Gasteiger partial charge in [-0.1, -0.05) is 35.9 Å². The Bertz CT molecular complexity index is 438. The average molecular weight is 260 g/mol. The van der Waals surface area contributed by atoms with Crippen LogP contribution < -0.4 is 0 Å². The molecule has 0 unspecified atom stereocenters. The molecular formula is C16H20OS. The summed E-state index contributed by atoms with van der Waals surface area (Å²) in [5.41, 5.74) is 2.16. The first-order valence-corrected chi connectivity index (χ1v) is 7.57. The monoisotopic (exact) mass is 260 g/mol. The zero-order valence-corrected chi connectivity index (χ0v) is 11.8. The maximum Gasteiger partial charge on any atom is 0.141 e.